The van der Waals surface area contributed by atoms with Crippen LogP contribution in [0.25, 0.3) is 0 Å². The molecule has 0 aromatic heterocycles. The molecule has 0 saturated carbocycles. The van der Waals surface area contributed by atoms with Gasteiger partial charge in [-0.25, -0.2) is 8.78 Å². The van der Waals surface area contributed by atoms with Crippen molar-refractivity contribution >= 4 is 11.8 Å². The number of benzene rings is 1. The Hall–Kier alpha value is -0.610. The second-order valence-corrected chi connectivity index (χ2v) is 5.50. The highest BCUT2D eigenvalue weighted by molar-refractivity contribution is 7.99. The van der Waals surface area contributed by atoms with E-state index in [9.17, 15) is 8.78 Å². The maximum absolute atomic E-state index is 13.3. The van der Waals surface area contributed by atoms with E-state index in [1.807, 2.05) is 0 Å². The van der Waals surface area contributed by atoms with Gasteiger partial charge in [-0.2, -0.15) is 0 Å². The standard InChI is InChI=1S/C13H17F2NS/c14-10-5-6-12(15)13(9-10)17-8-2-4-11-3-1-7-16-11/h5-6,9,11,16H,1-4,7-8H2. The topological polar surface area (TPSA) is 12.0 Å². The first-order chi connectivity index (χ1) is 8.25. The van der Waals surface area contributed by atoms with E-state index >= 15 is 0 Å². The summed E-state index contributed by atoms with van der Waals surface area (Å²) in [4.78, 5) is 0.421. The number of rotatable bonds is 5. The molecule has 1 aliphatic rings. The number of hydrogen-bond donors (Lipinski definition) is 1. The first kappa shape index (κ1) is 12.8. The SMILES string of the molecule is Fc1ccc(F)c(SCCCC2CCCN2)c1. The molecule has 1 atom stereocenters. The molecule has 0 aliphatic carbocycles. The number of thioether (sulfide) groups is 1. The van der Waals surface area contributed by atoms with Crippen LogP contribution in [0.3, 0.4) is 0 Å². The van der Waals surface area contributed by atoms with Crippen molar-refractivity contribution in [3.05, 3.63) is 29.8 Å². The van der Waals surface area contributed by atoms with Crippen LogP contribution in [0.2, 0.25) is 0 Å². The summed E-state index contributed by atoms with van der Waals surface area (Å²) >= 11 is 1.40. The van der Waals surface area contributed by atoms with Crippen molar-refractivity contribution in [1.82, 2.24) is 5.32 Å². The van der Waals surface area contributed by atoms with E-state index in [4.69, 9.17) is 0 Å². The van der Waals surface area contributed by atoms with Crippen molar-refractivity contribution in [2.45, 2.75) is 36.6 Å². The molecule has 1 N–H and O–H groups in total. The van der Waals surface area contributed by atoms with E-state index in [2.05, 4.69) is 5.32 Å². The van der Waals surface area contributed by atoms with Gasteiger partial charge in [0.25, 0.3) is 0 Å². The molecule has 0 radical (unpaired) electrons. The molecule has 0 spiro atoms. The van der Waals surface area contributed by atoms with Crippen molar-refractivity contribution in [3.8, 4) is 0 Å². The van der Waals surface area contributed by atoms with Gasteiger partial charge >= 0.3 is 0 Å². The summed E-state index contributed by atoms with van der Waals surface area (Å²) < 4.78 is 26.2. The molecule has 0 bridgehead atoms. The molecule has 1 unspecified atom stereocenters. The Balaban J connectivity index is 1.72. The van der Waals surface area contributed by atoms with E-state index in [0.717, 1.165) is 31.2 Å². The average molecular weight is 257 g/mol. The normalized spacial score (nSPS) is 19.8. The van der Waals surface area contributed by atoms with Gasteiger partial charge in [0.1, 0.15) is 11.6 Å². The monoisotopic (exact) mass is 257 g/mol. The molecule has 1 nitrogen and oxygen atoms in total. The molecule has 94 valence electrons. The first-order valence-corrected chi connectivity index (χ1v) is 7.05. The molecule has 17 heavy (non-hydrogen) atoms. The van der Waals surface area contributed by atoms with Gasteiger partial charge in [0.15, 0.2) is 0 Å². The lowest BCUT2D eigenvalue weighted by Crippen LogP contribution is -2.20. The molecule has 1 fully saturated rings. The predicted octanol–water partition coefficient (Wildman–Crippen LogP) is 3.59. The van der Waals surface area contributed by atoms with Crippen molar-refractivity contribution in [2.24, 2.45) is 0 Å². The van der Waals surface area contributed by atoms with E-state index in [1.165, 1.54) is 36.7 Å². The lowest BCUT2D eigenvalue weighted by molar-refractivity contribution is 0.553. The van der Waals surface area contributed by atoms with Gasteiger partial charge in [0.05, 0.1) is 0 Å². The Bertz CT molecular complexity index is 364. The van der Waals surface area contributed by atoms with Crippen LogP contribution < -0.4 is 5.32 Å². The third kappa shape index (κ3) is 3.96. The quantitative estimate of drug-likeness (QED) is 0.639. The van der Waals surface area contributed by atoms with Gasteiger partial charge in [0.2, 0.25) is 0 Å². The molecular weight excluding hydrogens is 240 g/mol. The van der Waals surface area contributed by atoms with E-state index in [0.29, 0.717) is 10.9 Å². The van der Waals surface area contributed by atoms with Crippen LogP contribution >= 0.6 is 11.8 Å². The summed E-state index contributed by atoms with van der Waals surface area (Å²) in [7, 11) is 0. The fourth-order valence-electron chi connectivity index (χ4n) is 2.10. The summed E-state index contributed by atoms with van der Waals surface area (Å²) in [5, 5.41) is 3.43. The molecule has 4 heteroatoms. The van der Waals surface area contributed by atoms with Crippen LogP contribution in [-0.2, 0) is 0 Å². The third-order valence-electron chi connectivity index (χ3n) is 3.01. The lowest BCUT2D eigenvalue weighted by atomic mass is 10.1. The Morgan fingerprint density at radius 3 is 3.00 bits per heavy atom. The predicted molar refractivity (Wildman–Crippen MR) is 67.3 cm³/mol. The molecule has 0 amide bonds. The van der Waals surface area contributed by atoms with Crippen LogP contribution in [-0.4, -0.2) is 18.3 Å². The largest absolute Gasteiger partial charge is 0.314 e. The highest BCUT2D eigenvalue weighted by Crippen LogP contribution is 2.24. The van der Waals surface area contributed by atoms with Crippen LogP contribution in [0, 0.1) is 11.6 Å². The highest BCUT2D eigenvalue weighted by Gasteiger charge is 2.13. The smallest absolute Gasteiger partial charge is 0.136 e. The summed E-state index contributed by atoms with van der Waals surface area (Å²) in [6, 6.07) is 4.25. The molecule has 2 rings (SSSR count). The van der Waals surface area contributed by atoms with Crippen molar-refractivity contribution in [2.75, 3.05) is 12.3 Å². The van der Waals surface area contributed by atoms with Gasteiger partial charge in [-0.15, -0.1) is 11.8 Å². The minimum atomic E-state index is -0.369. The Morgan fingerprint density at radius 1 is 1.35 bits per heavy atom. The van der Waals surface area contributed by atoms with Gasteiger partial charge in [-0.05, 0) is 56.2 Å². The molecule has 1 heterocycles. The Morgan fingerprint density at radius 2 is 2.24 bits per heavy atom. The average Bonchev–Trinajstić information content (AvgIpc) is 2.82. The van der Waals surface area contributed by atoms with Crippen LogP contribution in [0.4, 0.5) is 8.78 Å². The molecular formula is C13H17F2NS. The molecule has 1 aromatic rings. The van der Waals surface area contributed by atoms with Crippen molar-refractivity contribution < 1.29 is 8.78 Å². The molecule has 1 saturated heterocycles. The van der Waals surface area contributed by atoms with Gasteiger partial charge in [0, 0.05) is 10.9 Å². The minimum absolute atomic E-state index is 0.324. The zero-order valence-electron chi connectivity index (χ0n) is 9.72. The molecule has 1 aromatic carbocycles. The fourth-order valence-corrected chi connectivity index (χ4v) is 3.04. The van der Waals surface area contributed by atoms with E-state index in [-0.39, 0.29) is 11.6 Å². The van der Waals surface area contributed by atoms with E-state index in [1.54, 1.807) is 0 Å². The summed E-state index contributed by atoms with van der Waals surface area (Å²) in [5.41, 5.74) is 0. The zero-order chi connectivity index (χ0) is 12.1. The maximum atomic E-state index is 13.3. The van der Waals surface area contributed by atoms with Gasteiger partial charge < -0.3 is 5.32 Å². The summed E-state index contributed by atoms with van der Waals surface area (Å²) in [6.07, 6.45) is 4.68. The summed E-state index contributed by atoms with van der Waals surface area (Å²) in [5.74, 6) is 0.153. The number of halogens is 2. The Labute approximate surface area is 105 Å². The second-order valence-electron chi connectivity index (χ2n) is 4.36. The van der Waals surface area contributed by atoms with Gasteiger partial charge in [-0.3, -0.25) is 0 Å². The molecule has 1 aliphatic heterocycles. The maximum Gasteiger partial charge on any atom is 0.136 e. The number of hydrogen-bond acceptors (Lipinski definition) is 2. The van der Waals surface area contributed by atoms with Crippen molar-refractivity contribution in [3.63, 3.8) is 0 Å². The third-order valence-corrected chi connectivity index (χ3v) is 4.13. The fraction of sp³-hybridized carbons (Fsp3) is 0.538. The van der Waals surface area contributed by atoms with Crippen LogP contribution in [0.15, 0.2) is 23.1 Å². The Kier molecular flexibility index (Phi) is 4.80. The second kappa shape index (κ2) is 6.36. The van der Waals surface area contributed by atoms with E-state index < -0.39 is 0 Å². The first-order valence-electron chi connectivity index (χ1n) is 6.07. The lowest BCUT2D eigenvalue weighted by Gasteiger charge is -2.09. The minimum Gasteiger partial charge on any atom is -0.314 e. The van der Waals surface area contributed by atoms with Crippen LogP contribution in [0.1, 0.15) is 25.7 Å². The van der Waals surface area contributed by atoms with Gasteiger partial charge in [-0.1, -0.05) is 0 Å². The zero-order valence-corrected chi connectivity index (χ0v) is 10.5. The summed E-state index contributed by atoms with van der Waals surface area (Å²) in [6.45, 7) is 1.12. The van der Waals surface area contributed by atoms with Crippen LogP contribution in [0.5, 0.6) is 0 Å². The number of nitrogens with one attached hydrogen (secondary N) is 1. The highest BCUT2D eigenvalue weighted by atomic mass is 32.2. The van der Waals surface area contributed by atoms with Crippen molar-refractivity contribution in [1.29, 1.82) is 0 Å².